The van der Waals surface area contributed by atoms with Crippen LogP contribution in [0.15, 0.2) is 59.5 Å². The van der Waals surface area contributed by atoms with E-state index < -0.39 is 34.7 Å². The second-order valence-corrected chi connectivity index (χ2v) is 9.09. The summed E-state index contributed by atoms with van der Waals surface area (Å²) in [6, 6.07) is 15.5. The van der Waals surface area contributed by atoms with E-state index in [0.29, 0.717) is 0 Å². The third-order valence-electron chi connectivity index (χ3n) is 5.40. The van der Waals surface area contributed by atoms with Crippen molar-refractivity contribution in [3.63, 3.8) is 0 Å². The number of aliphatic hydroxyl groups is 1. The van der Waals surface area contributed by atoms with E-state index in [1.165, 1.54) is 12.1 Å². The van der Waals surface area contributed by atoms with Crippen molar-refractivity contribution in [2.45, 2.75) is 55.4 Å². The first-order valence-electron chi connectivity index (χ1n) is 9.61. The highest BCUT2D eigenvalue weighted by Crippen LogP contribution is 2.33. The van der Waals surface area contributed by atoms with Gasteiger partial charge in [-0.05, 0) is 31.5 Å². The fourth-order valence-electron chi connectivity index (χ4n) is 3.73. The Morgan fingerprint density at radius 1 is 1.14 bits per heavy atom. The molecule has 2 saturated heterocycles. The third kappa shape index (κ3) is 4.23. The van der Waals surface area contributed by atoms with Gasteiger partial charge in [0.2, 0.25) is 0 Å². The predicted octanol–water partition coefficient (Wildman–Crippen LogP) is 1.90. The van der Waals surface area contributed by atoms with Crippen molar-refractivity contribution in [2.75, 3.05) is 6.61 Å². The van der Waals surface area contributed by atoms with Crippen LogP contribution < -0.4 is 5.32 Å². The average Bonchev–Trinajstić information content (AvgIpc) is 3.16. The zero-order valence-electron chi connectivity index (χ0n) is 16.3. The molecule has 6 atom stereocenters. The normalized spacial score (nSPS) is 30.2. The highest BCUT2D eigenvalue weighted by atomic mass is 32.2. The Bertz CT molecular complexity index is 933. The van der Waals surface area contributed by atoms with Gasteiger partial charge < -0.3 is 19.9 Å². The zero-order valence-corrected chi connectivity index (χ0v) is 17.1. The molecule has 0 spiro atoms. The molecule has 4 rings (SSSR count). The molecule has 29 heavy (non-hydrogen) atoms. The molecule has 2 aromatic carbocycles. The zero-order chi connectivity index (χ0) is 20.6. The lowest BCUT2D eigenvalue weighted by Gasteiger charge is -2.39. The van der Waals surface area contributed by atoms with Crippen LogP contribution in [0.2, 0.25) is 0 Å². The molecule has 8 heteroatoms. The van der Waals surface area contributed by atoms with Gasteiger partial charge in [-0.3, -0.25) is 4.18 Å². The van der Waals surface area contributed by atoms with Crippen LogP contribution in [-0.4, -0.2) is 50.8 Å². The van der Waals surface area contributed by atoms with Crippen molar-refractivity contribution in [3.8, 4) is 0 Å². The molecule has 2 bridgehead atoms. The summed E-state index contributed by atoms with van der Waals surface area (Å²) in [6.07, 6.45) is -3.60. The number of hydrogen-bond donors (Lipinski definition) is 2. The minimum atomic E-state index is -4.09. The van der Waals surface area contributed by atoms with E-state index in [1.807, 2.05) is 44.2 Å². The van der Waals surface area contributed by atoms with Crippen LogP contribution in [0.25, 0.3) is 0 Å². The Morgan fingerprint density at radius 3 is 2.52 bits per heavy atom. The molecule has 2 aliphatic rings. The van der Waals surface area contributed by atoms with Crippen molar-refractivity contribution >= 4 is 10.1 Å². The van der Waals surface area contributed by atoms with Gasteiger partial charge in [0, 0.05) is 6.04 Å². The quantitative estimate of drug-likeness (QED) is 0.691. The number of aliphatic hydroxyl groups excluding tert-OH is 1. The molecule has 7 nitrogen and oxygen atoms in total. The smallest absolute Gasteiger partial charge is 0.297 e. The molecule has 0 amide bonds. The van der Waals surface area contributed by atoms with Gasteiger partial charge in [0.05, 0.1) is 17.5 Å². The maximum Gasteiger partial charge on any atom is 0.297 e. The Kier molecular flexibility index (Phi) is 5.74. The van der Waals surface area contributed by atoms with Gasteiger partial charge in [0.25, 0.3) is 10.1 Å². The summed E-state index contributed by atoms with van der Waals surface area (Å²) < 4.78 is 42.2. The van der Waals surface area contributed by atoms with Gasteiger partial charge in [-0.15, -0.1) is 0 Å². The van der Waals surface area contributed by atoms with E-state index >= 15 is 0 Å². The van der Waals surface area contributed by atoms with Crippen LogP contribution in [0.4, 0.5) is 0 Å². The molecule has 0 radical (unpaired) electrons. The van der Waals surface area contributed by atoms with E-state index in [4.69, 9.17) is 13.7 Å². The molecule has 2 fully saturated rings. The average molecular weight is 419 g/mol. The van der Waals surface area contributed by atoms with Gasteiger partial charge in [0.1, 0.15) is 12.2 Å². The van der Waals surface area contributed by atoms with Crippen molar-refractivity contribution in [2.24, 2.45) is 0 Å². The van der Waals surface area contributed by atoms with E-state index in [1.54, 1.807) is 12.1 Å². The van der Waals surface area contributed by atoms with E-state index in [-0.39, 0.29) is 23.6 Å². The standard InChI is InChI=1S/C21H25NO6S/c1-13-8-10-16(11-9-13)29(24,25)28-20-19(23)18(17-12-26-21(20)27-17)22-14(2)15-6-4-3-5-7-15/h3-11,14,17-23H,12H2,1-2H3/t14-,17-,18-,19-,20-,21-/m1/s1. The lowest BCUT2D eigenvalue weighted by Crippen LogP contribution is -2.60. The first kappa shape index (κ1) is 20.5. The lowest BCUT2D eigenvalue weighted by molar-refractivity contribution is -0.193. The van der Waals surface area contributed by atoms with Crippen LogP contribution in [0.5, 0.6) is 0 Å². The largest absolute Gasteiger partial charge is 0.388 e. The number of benzene rings is 2. The molecule has 0 aliphatic carbocycles. The number of rotatable bonds is 6. The highest BCUT2D eigenvalue weighted by molar-refractivity contribution is 7.86. The highest BCUT2D eigenvalue weighted by Gasteiger charge is 2.52. The molecular weight excluding hydrogens is 394 g/mol. The first-order valence-corrected chi connectivity index (χ1v) is 11.0. The van der Waals surface area contributed by atoms with Gasteiger partial charge in [0.15, 0.2) is 12.4 Å². The lowest BCUT2D eigenvalue weighted by atomic mass is 9.96. The maximum atomic E-state index is 12.7. The minimum Gasteiger partial charge on any atom is -0.388 e. The Hall–Kier alpha value is -1.81. The third-order valence-corrected chi connectivity index (χ3v) is 6.72. The van der Waals surface area contributed by atoms with Crippen molar-refractivity contribution < 1.29 is 27.2 Å². The molecule has 2 aromatic rings. The minimum absolute atomic E-state index is 0.0255. The molecule has 0 unspecified atom stereocenters. The van der Waals surface area contributed by atoms with Crippen LogP contribution in [0, 0.1) is 6.92 Å². The number of hydrogen-bond acceptors (Lipinski definition) is 7. The van der Waals surface area contributed by atoms with Gasteiger partial charge in [-0.1, -0.05) is 48.0 Å². The maximum absolute atomic E-state index is 12.7. The summed E-state index contributed by atoms with van der Waals surface area (Å²) in [4.78, 5) is 0.0255. The van der Waals surface area contributed by atoms with Crippen LogP contribution in [0.1, 0.15) is 24.1 Å². The number of fused-ring (bicyclic) bond motifs is 2. The van der Waals surface area contributed by atoms with Gasteiger partial charge >= 0.3 is 0 Å². The van der Waals surface area contributed by atoms with Crippen molar-refractivity contribution in [1.29, 1.82) is 0 Å². The van der Waals surface area contributed by atoms with Gasteiger partial charge in [-0.2, -0.15) is 8.42 Å². The van der Waals surface area contributed by atoms with Crippen LogP contribution in [-0.2, 0) is 23.8 Å². The van der Waals surface area contributed by atoms with Crippen molar-refractivity contribution in [3.05, 3.63) is 65.7 Å². The van der Waals surface area contributed by atoms with Crippen LogP contribution in [0.3, 0.4) is 0 Å². The topological polar surface area (TPSA) is 94.1 Å². The van der Waals surface area contributed by atoms with Crippen LogP contribution >= 0.6 is 0 Å². The Morgan fingerprint density at radius 2 is 1.83 bits per heavy atom. The summed E-state index contributed by atoms with van der Waals surface area (Å²) in [6.45, 7) is 4.10. The number of aryl methyl sites for hydroxylation is 1. The van der Waals surface area contributed by atoms with E-state index in [0.717, 1.165) is 11.1 Å². The Labute approximate surface area is 170 Å². The van der Waals surface area contributed by atoms with Gasteiger partial charge in [-0.25, -0.2) is 0 Å². The summed E-state index contributed by atoms with van der Waals surface area (Å²) >= 11 is 0. The SMILES string of the molecule is Cc1ccc(S(=O)(=O)O[C@H]2[C@@H]3OC[C@@H](O3)[C@@H](N[C@H](C)c3ccccc3)[C@H]2O)cc1. The summed E-state index contributed by atoms with van der Waals surface area (Å²) in [5, 5.41) is 14.3. The molecule has 156 valence electrons. The summed E-state index contributed by atoms with van der Waals surface area (Å²) in [5.41, 5.74) is 1.98. The molecule has 0 aromatic heterocycles. The van der Waals surface area contributed by atoms with Crippen molar-refractivity contribution in [1.82, 2.24) is 5.32 Å². The first-order chi connectivity index (χ1) is 13.8. The number of ether oxygens (including phenoxy) is 2. The van der Waals surface area contributed by atoms with E-state index in [2.05, 4.69) is 5.32 Å². The molecule has 0 saturated carbocycles. The monoisotopic (exact) mass is 419 g/mol. The summed E-state index contributed by atoms with van der Waals surface area (Å²) in [5.74, 6) is 0. The second kappa shape index (κ2) is 8.14. The fourth-order valence-corrected chi connectivity index (χ4v) is 4.81. The molecule has 2 heterocycles. The van der Waals surface area contributed by atoms with E-state index in [9.17, 15) is 13.5 Å². The fraction of sp³-hybridized carbons (Fsp3) is 0.429. The molecular formula is C21H25NO6S. The predicted molar refractivity (Wildman–Crippen MR) is 106 cm³/mol. The Balaban J connectivity index is 1.52. The molecule has 2 N–H and O–H groups in total. The molecule has 2 aliphatic heterocycles. The number of nitrogens with one attached hydrogen (secondary N) is 1. The summed E-state index contributed by atoms with van der Waals surface area (Å²) in [7, 11) is -4.09. The second-order valence-electron chi connectivity index (χ2n) is 7.52.